The molecule has 116 valence electrons. The fourth-order valence-electron chi connectivity index (χ4n) is 4.13. The highest BCUT2D eigenvalue weighted by Gasteiger charge is 2.36. The average Bonchev–Trinajstić information content (AvgIpc) is 2.72. The molecule has 2 fully saturated rings. The number of benzene rings is 1. The summed E-state index contributed by atoms with van der Waals surface area (Å²) >= 11 is 0. The quantitative estimate of drug-likeness (QED) is 0.892. The molecule has 0 spiro atoms. The zero-order valence-electron chi connectivity index (χ0n) is 13.3. The van der Waals surface area contributed by atoms with Crippen molar-refractivity contribution in [3.63, 3.8) is 0 Å². The number of nitrogens with one attached hydrogen (secondary N) is 2. The lowest BCUT2D eigenvalue weighted by atomic mass is 10.0. The minimum atomic E-state index is 0.146. The van der Waals surface area contributed by atoms with Crippen LogP contribution in [0.5, 0.6) is 0 Å². The Morgan fingerprint density at radius 1 is 1.14 bits per heavy atom. The summed E-state index contributed by atoms with van der Waals surface area (Å²) in [5, 5.41) is 4.35. The van der Waals surface area contributed by atoms with Gasteiger partial charge in [0.25, 0.3) is 0 Å². The zero-order valence-corrected chi connectivity index (χ0v) is 13.3. The van der Waals surface area contributed by atoms with Gasteiger partial charge < -0.3 is 10.3 Å². The van der Waals surface area contributed by atoms with E-state index in [9.17, 15) is 4.79 Å². The van der Waals surface area contributed by atoms with Crippen molar-refractivity contribution in [3.05, 3.63) is 45.2 Å². The van der Waals surface area contributed by atoms with E-state index >= 15 is 0 Å². The van der Waals surface area contributed by atoms with Crippen molar-refractivity contribution in [1.29, 1.82) is 0 Å². The van der Waals surface area contributed by atoms with E-state index in [1.165, 1.54) is 12.8 Å². The first-order valence-corrected chi connectivity index (χ1v) is 8.22. The monoisotopic (exact) mass is 297 g/mol. The third-order valence-corrected chi connectivity index (χ3v) is 5.34. The van der Waals surface area contributed by atoms with Crippen molar-refractivity contribution in [1.82, 2.24) is 15.2 Å². The molecule has 2 aromatic rings. The van der Waals surface area contributed by atoms with Gasteiger partial charge in [0.2, 0.25) is 0 Å². The second-order valence-corrected chi connectivity index (χ2v) is 6.82. The second kappa shape index (κ2) is 5.21. The number of H-pyrrole nitrogens is 1. The van der Waals surface area contributed by atoms with Crippen molar-refractivity contribution < 1.29 is 0 Å². The van der Waals surface area contributed by atoms with Crippen molar-refractivity contribution in [2.75, 3.05) is 13.1 Å². The number of aryl methyl sites for hydroxylation is 2. The smallest absolute Gasteiger partial charge is 0.189 e. The molecule has 2 bridgehead atoms. The van der Waals surface area contributed by atoms with Crippen LogP contribution in [0.4, 0.5) is 0 Å². The Bertz CT molecular complexity index is 764. The van der Waals surface area contributed by atoms with Crippen LogP contribution in [0.2, 0.25) is 0 Å². The summed E-state index contributed by atoms with van der Waals surface area (Å²) in [5.74, 6) is 0. The Morgan fingerprint density at radius 2 is 1.82 bits per heavy atom. The van der Waals surface area contributed by atoms with Crippen molar-refractivity contribution in [3.8, 4) is 0 Å². The van der Waals surface area contributed by atoms with Gasteiger partial charge in [0.05, 0.1) is 5.52 Å². The van der Waals surface area contributed by atoms with Crippen LogP contribution in [0.25, 0.3) is 10.9 Å². The molecule has 0 radical (unpaired) electrons. The Morgan fingerprint density at radius 3 is 2.55 bits per heavy atom. The summed E-state index contributed by atoms with van der Waals surface area (Å²) in [7, 11) is 0. The molecule has 0 aliphatic carbocycles. The van der Waals surface area contributed by atoms with Gasteiger partial charge in [-0.15, -0.1) is 0 Å². The first-order valence-electron chi connectivity index (χ1n) is 8.22. The Kier molecular flexibility index (Phi) is 3.31. The fourth-order valence-corrected chi connectivity index (χ4v) is 4.13. The zero-order chi connectivity index (χ0) is 15.3. The maximum Gasteiger partial charge on any atom is 0.189 e. The van der Waals surface area contributed by atoms with E-state index in [2.05, 4.69) is 28.2 Å². The maximum atomic E-state index is 12.5. The number of piperazine rings is 1. The van der Waals surface area contributed by atoms with Gasteiger partial charge >= 0.3 is 0 Å². The van der Waals surface area contributed by atoms with Crippen LogP contribution < -0.4 is 10.7 Å². The van der Waals surface area contributed by atoms with E-state index in [0.717, 1.165) is 47.4 Å². The third kappa shape index (κ3) is 2.18. The van der Waals surface area contributed by atoms with Crippen LogP contribution in [0, 0.1) is 13.8 Å². The molecule has 2 aliphatic rings. The molecule has 4 nitrogen and oxygen atoms in total. The van der Waals surface area contributed by atoms with Crippen LogP contribution in [0.15, 0.2) is 23.0 Å². The normalized spacial score (nSPS) is 25.0. The third-order valence-electron chi connectivity index (χ3n) is 5.34. The summed E-state index contributed by atoms with van der Waals surface area (Å²) in [6.07, 6.45) is 2.54. The molecule has 2 aliphatic heterocycles. The van der Waals surface area contributed by atoms with Gasteiger partial charge in [-0.3, -0.25) is 9.69 Å². The fraction of sp³-hybridized carbons (Fsp3) is 0.500. The minimum absolute atomic E-state index is 0.146. The number of aromatic amines is 1. The van der Waals surface area contributed by atoms with Crippen molar-refractivity contribution >= 4 is 10.9 Å². The molecule has 2 atom stereocenters. The summed E-state index contributed by atoms with van der Waals surface area (Å²) in [6.45, 7) is 7.08. The van der Waals surface area contributed by atoms with Crippen molar-refractivity contribution in [2.24, 2.45) is 0 Å². The highest BCUT2D eigenvalue weighted by atomic mass is 16.1. The summed E-state index contributed by atoms with van der Waals surface area (Å²) in [4.78, 5) is 18.6. The van der Waals surface area contributed by atoms with E-state index in [4.69, 9.17) is 0 Å². The Hall–Kier alpha value is -1.65. The van der Waals surface area contributed by atoms with Gasteiger partial charge in [-0.25, -0.2) is 0 Å². The highest BCUT2D eigenvalue weighted by Crippen LogP contribution is 2.28. The largest absolute Gasteiger partial charge is 0.357 e. The maximum absolute atomic E-state index is 12.5. The van der Waals surface area contributed by atoms with Crippen LogP contribution in [-0.2, 0) is 6.54 Å². The predicted octanol–water partition coefficient (Wildman–Crippen LogP) is 2.08. The molecule has 3 heterocycles. The van der Waals surface area contributed by atoms with Gasteiger partial charge in [-0.1, -0.05) is 12.1 Å². The summed E-state index contributed by atoms with van der Waals surface area (Å²) < 4.78 is 0. The van der Waals surface area contributed by atoms with E-state index in [-0.39, 0.29) is 5.43 Å². The van der Waals surface area contributed by atoms with Gasteiger partial charge in [0.1, 0.15) is 0 Å². The average molecular weight is 297 g/mol. The van der Waals surface area contributed by atoms with E-state index in [1.807, 2.05) is 13.0 Å². The number of pyridine rings is 1. The van der Waals surface area contributed by atoms with E-state index in [0.29, 0.717) is 12.1 Å². The second-order valence-electron chi connectivity index (χ2n) is 6.82. The van der Waals surface area contributed by atoms with Gasteiger partial charge in [0.15, 0.2) is 5.43 Å². The topological polar surface area (TPSA) is 48.1 Å². The molecule has 1 aromatic carbocycles. The SMILES string of the molecule is Cc1ccc(C)c2c(=O)cc(CN3[C@@H]4CC[C@H]3CNC4)[nH]c12. The molecular weight excluding hydrogens is 274 g/mol. The standard InChI is InChI=1S/C18H23N3O/c1-11-3-4-12(2)18-17(11)16(22)7-13(20-18)10-21-14-5-6-15(21)9-19-8-14/h3-4,7,14-15,19H,5-6,8-10H2,1-2H3,(H,20,22)/t14-,15+. The highest BCUT2D eigenvalue weighted by molar-refractivity contribution is 5.84. The molecule has 4 rings (SSSR count). The van der Waals surface area contributed by atoms with Crippen LogP contribution in [-0.4, -0.2) is 35.1 Å². The van der Waals surface area contributed by atoms with Crippen LogP contribution >= 0.6 is 0 Å². The number of hydrogen-bond acceptors (Lipinski definition) is 3. The number of aromatic nitrogens is 1. The van der Waals surface area contributed by atoms with Crippen LogP contribution in [0.3, 0.4) is 0 Å². The number of nitrogens with zero attached hydrogens (tertiary/aromatic N) is 1. The molecule has 2 N–H and O–H groups in total. The summed E-state index contributed by atoms with van der Waals surface area (Å²) in [6, 6.07) is 7.17. The Balaban J connectivity index is 1.74. The van der Waals surface area contributed by atoms with Gasteiger partial charge in [0, 0.05) is 48.9 Å². The molecule has 0 amide bonds. The number of rotatable bonds is 2. The Labute approximate surface area is 130 Å². The van der Waals surface area contributed by atoms with Gasteiger partial charge in [-0.2, -0.15) is 0 Å². The van der Waals surface area contributed by atoms with Gasteiger partial charge in [-0.05, 0) is 37.8 Å². The van der Waals surface area contributed by atoms with E-state index in [1.54, 1.807) is 6.07 Å². The lowest BCUT2D eigenvalue weighted by molar-refractivity contribution is 0.144. The number of hydrogen-bond donors (Lipinski definition) is 2. The molecule has 2 saturated heterocycles. The molecule has 0 saturated carbocycles. The van der Waals surface area contributed by atoms with Crippen molar-refractivity contribution in [2.45, 2.75) is 45.3 Å². The lowest BCUT2D eigenvalue weighted by Crippen LogP contribution is -2.51. The molecule has 1 aromatic heterocycles. The lowest BCUT2D eigenvalue weighted by Gasteiger charge is -2.35. The molecule has 22 heavy (non-hydrogen) atoms. The first-order chi connectivity index (χ1) is 10.6. The van der Waals surface area contributed by atoms with Crippen LogP contribution in [0.1, 0.15) is 29.7 Å². The van der Waals surface area contributed by atoms with E-state index < -0.39 is 0 Å². The first kappa shape index (κ1) is 14.0. The summed E-state index contributed by atoms with van der Waals surface area (Å²) in [5.41, 5.74) is 4.39. The number of fused-ring (bicyclic) bond motifs is 3. The molecule has 4 heteroatoms. The molecule has 0 unspecified atom stereocenters. The minimum Gasteiger partial charge on any atom is -0.357 e. The molecular formula is C18H23N3O. The predicted molar refractivity (Wildman–Crippen MR) is 89.3 cm³/mol.